The fraction of sp³-hybridized carbons (Fsp3) is 0.200. The number of nitrogens with two attached hydrogens (primary N) is 1. The Morgan fingerprint density at radius 2 is 1.20 bits per heavy atom. The molecule has 0 saturated heterocycles. The molecule has 2 atom stereocenters. The Labute approximate surface area is 260 Å². The van der Waals surface area contributed by atoms with Crippen molar-refractivity contribution in [3.63, 3.8) is 0 Å². The normalized spacial score (nSPS) is 13.0. The molecule has 4 aromatic carbocycles. The van der Waals surface area contributed by atoms with E-state index in [1.54, 1.807) is 30.3 Å². The summed E-state index contributed by atoms with van der Waals surface area (Å²) in [4.78, 5) is 53.5. The molecule has 0 fully saturated rings. The highest BCUT2D eigenvalue weighted by Gasteiger charge is 2.46. The largest absolute Gasteiger partial charge is 0.481 e. The van der Waals surface area contributed by atoms with E-state index >= 15 is 0 Å². The molecule has 226 valence electrons. The number of carboxylic acids is 2. The van der Waals surface area contributed by atoms with Crippen LogP contribution in [0.4, 0.5) is 5.69 Å². The van der Waals surface area contributed by atoms with Gasteiger partial charge in [-0.15, -0.1) is 0 Å². The van der Waals surface area contributed by atoms with Gasteiger partial charge in [0, 0.05) is 24.3 Å². The van der Waals surface area contributed by atoms with Gasteiger partial charge in [0.1, 0.15) is 0 Å². The molecule has 0 spiro atoms. The Morgan fingerprint density at radius 1 is 0.727 bits per heavy atom. The summed E-state index contributed by atoms with van der Waals surface area (Å²) in [6.45, 7) is 0. The number of para-hydroxylation sites is 1. The van der Waals surface area contributed by atoms with Gasteiger partial charge in [0.2, 0.25) is 11.0 Å². The zero-order valence-electron chi connectivity index (χ0n) is 24.0. The highest BCUT2D eigenvalue weighted by Crippen LogP contribution is 2.33. The summed E-state index contributed by atoms with van der Waals surface area (Å²) in [5.41, 5.74) is 6.73. The van der Waals surface area contributed by atoms with Crippen LogP contribution in [-0.4, -0.2) is 44.6 Å². The van der Waals surface area contributed by atoms with Gasteiger partial charge in [-0.2, -0.15) is 0 Å². The van der Waals surface area contributed by atoms with Crippen LogP contribution in [0.3, 0.4) is 0 Å². The Balaban J connectivity index is 1.71. The fourth-order valence-corrected chi connectivity index (χ4v) is 6.13. The van der Waals surface area contributed by atoms with Gasteiger partial charge in [-0.1, -0.05) is 121 Å². The maximum Gasteiger partial charge on any atom is 0.345 e. The lowest BCUT2D eigenvalue weighted by atomic mass is 9.92. The van der Waals surface area contributed by atoms with Crippen molar-refractivity contribution >= 4 is 40.4 Å². The molecule has 4 rings (SSSR count). The maximum atomic E-state index is 14.5. The quantitative estimate of drug-likeness (QED) is 0.158. The van der Waals surface area contributed by atoms with Crippen LogP contribution in [0.25, 0.3) is 0 Å². The van der Waals surface area contributed by atoms with Gasteiger partial charge in [0.25, 0.3) is 0 Å². The van der Waals surface area contributed by atoms with Crippen molar-refractivity contribution in [3.05, 3.63) is 138 Å². The average molecular weight is 611 g/mol. The zero-order valence-corrected chi connectivity index (χ0v) is 24.8. The van der Waals surface area contributed by atoms with Crippen molar-refractivity contribution in [1.29, 1.82) is 0 Å². The minimum atomic E-state index is -2.35. The van der Waals surface area contributed by atoms with E-state index < -0.39 is 48.2 Å². The molecule has 0 aliphatic carbocycles. The number of carbonyl (C=O) groups is 4. The van der Waals surface area contributed by atoms with Crippen molar-refractivity contribution in [2.45, 2.75) is 30.8 Å². The van der Waals surface area contributed by atoms with Crippen LogP contribution in [0.5, 0.6) is 0 Å². The number of hydrogen-bond acceptors (Lipinski definition) is 6. The molecule has 4 aromatic rings. The number of rotatable bonds is 14. The second-order valence-corrected chi connectivity index (χ2v) is 11.4. The van der Waals surface area contributed by atoms with Crippen LogP contribution in [0, 0.1) is 5.92 Å². The van der Waals surface area contributed by atoms with Crippen LogP contribution < -0.4 is 10.6 Å². The zero-order chi connectivity index (χ0) is 31.5. The third kappa shape index (κ3) is 8.00. The molecular formula is C35H34N2O6S. The second kappa shape index (κ2) is 15.1. The number of nitrogens with zero attached hydrogens (tertiary/aromatic N) is 1. The van der Waals surface area contributed by atoms with E-state index in [-0.39, 0.29) is 23.0 Å². The van der Waals surface area contributed by atoms with E-state index in [0.29, 0.717) is 0 Å². The van der Waals surface area contributed by atoms with Crippen LogP contribution in [-0.2, 0) is 25.6 Å². The molecule has 44 heavy (non-hydrogen) atoms. The number of carboxylic acid groups (broad SMARTS) is 2. The van der Waals surface area contributed by atoms with Crippen molar-refractivity contribution in [2.75, 3.05) is 10.7 Å². The lowest BCUT2D eigenvalue weighted by molar-refractivity contribution is -0.147. The van der Waals surface area contributed by atoms with E-state index in [4.69, 9.17) is 5.73 Å². The molecule has 1 unspecified atom stereocenters. The standard InChI is InChI=1S/C35H34N2O6S/c36-35(34(42)43,22-21-30(38)39)37(29-19-11-4-12-20-29)32(40)28(23-25-13-5-1-6-14-25)24-44-33(41)31(26-15-7-2-8-16-26)27-17-9-3-10-18-27/h1-20,28,31H,21-24,36H2,(H,38,39)(H,42,43)/t28?,35-/m1/s1. The van der Waals surface area contributed by atoms with Crippen LogP contribution in [0.2, 0.25) is 0 Å². The number of amides is 1. The van der Waals surface area contributed by atoms with Gasteiger partial charge in [-0.25, -0.2) is 4.79 Å². The van der Waals surface area contributed by atoms with Gasteiger partial charge in [-0.05, 0) is 35.2 Å². The first-order valence-electron chi connectivity index (χ1n) is 14.1. The van der Waals surface area contributed by atoms with Gasteiger partial charge < -0.3 is 10.2 Å². The van der Waals surface area contributed by atoms with Crippen molar-refractivity contribution in [2.24, 2.45) is 11.7 Å². The lowest BCUT2D eigenvalue weighted by Crippen LogP contribution is -2.65. The SMILES string of the molecule is N[C@@](CCC(=O)O)(C(=O)O)N(C(=O)C(CSC(=O)C(c1ccccc1)c1ccccc1)Cc1ccccc1)c1ccccc1. The highest BCUT2D eigenvalue weighted by atomic mass is 32.2. The van der Waals surface area contributed by atoms with Crippen molar-refractivity contribution in [3.8, 4) is 0 Å². The number of benzene rings is 4. The average Bonchev–Trinajstić information content (AvgIpc) is 3.04. The lowest BCUT2D eigenvalue weighted by Gasteiger charge is -2.39. The Hall–Kier alpha value is -4.73. The predicted molar refractivity (Wildman–Crippen MR) is 171 cm³/mol. The monoisotopic (exact) mass is 610 g/mol. The van der Waals surface area contributed by atoms with Crippen molar-refractivity contribution in [1.82, 2.24) is 0 Å². The first-order valence-corrected chi connectivity index (χ1v) is 15.1. The summed E-state index contributed by atoms with van der Waals surface area (Å²) < 4.78 is 0. The van der Waals surface area contributed by atoms with E-state index in [1.165, 1.54) is 0 Å². The third-order valence-electron chi connectivity index (χ3n) is 7.33. The molecule has 9 heteroatoms. The number of thioether (sulfide) groups is 1. The van der Waals surface area contributed by atoms with Gasteiger partial charge in [0.15, 0.2) is 5.66 Å². The van der Waals surface area contributed by atoms with E-state index in [0.717, 1.165) is 33.4 Å². The van der Waals surface area contributed by atoms with E-state index in [1.807, 2.05) is 91.0 Å². The summed E-state index contributed by atoms with van der Waals surface area (Å²) in [6, 6.07) is 36.1. The molecule has 0 heterocycles. The van der Waals surface area contributed by atoms with Gasteiger partial charge in [0.05, 0.1) is 11.8 Å². The van der Waals surface area contributed by atoms with Crippen LogP contribution in [0.15, 0.2) is 121 Å². The number of anilines is 1. The minimum Gasteiger partial charge on any atom is -0.481 e. The Kier molecular flexibility index (Phi) is 11.1. The summed E-state index contributed by atoms with van der Waals surface area (Å²) in [5.74, 6) is -4.80. The summed E-state index contributed by atoms with van der Waals surface area (Å²) in [5, 5.41) is 19.5. The Morgan fingerprint density at radius 3 is 1.68 bits per heavy atom. The summed E-state index contributed by atoms with van der Waals surface area (Å²) in [6.07, 6.45) is -0.877. The molecular weight excluding hydrogens is 576 g/mol. The molecule has 0 saturated carbocycles. The molecule has 0 aliphatic rings. The number of carbonyl (C=O) groups excluding carboxylic acids is 2. The van der Waals surface area contributed by atoms with Crippen LogP contribution in [0.1, 0.15) is 35.4 Å². The first kappa shape index (κ1) is 32.2. The summed E-state index contributed by atoms with van der Waals surface area (Å²) >= 11 is 1.01. The minimum absolute atomic E-state index is 0.0424. The molecule has 0 bridgehead atoms. The fourth-order valence-electron chi connectivity index (χ4n) is 5.06. The third-order valence-corrected chi connectivity index (χ3v) is 8.42. The topological polar surface area (TPSA) is 138 Å². The first-order chi connectivity index (χ1) is 21.2. The summed E-state index contributed by atoms with van der Waals surface area (Å²) in [7, 11) is 0. The van der Waals surface area contributed by atoms with Gasteiger partial charge >= 0.3 is 11.9 Å². The molecule has 0 radical (unpaired) electrons. The molecule has 4 N–H and O–H groups in total. The maximum absolute atomic E-state index is 14.5. The van der Waals surface area contributed by atoms with E-state index in [9.17, 15) is 29.4 Å². The highest BCUT2D eigenvalue weighted by molar-refractivity contribution is 8.13. The number of hydrogen-bond donors (Lipinski definition) is 3. The van der Waals surface area contributed by atoms with E-state index in [2.05, 4.69) is 0 Å². The smallest absolute Gasteiger partial charge is 0.345 e. The van der Waals surface area contributed by atoms with Crippen LogP contribution >= 0.6 is 11.8 Å². The molecule has 8 nitrogen and oxygen atoms in total. The predicted octanol–water partition coefficient (Wildman–Crippen LogP) is 5.57. The molecule has 1 amide bonds. The molecule has 0 aromatic heterocycles. The number of aliphatic carboxylic acids is 2. The Bertz CT molecular complexity index is 1510. The van der Waals surface area contributed by atoms with Gasteiger partial charge in [-0.3, -0.25) is 25.0 Å². The second-order valence-electron chi connectivity index (χ2n) is 10.4. The molecule has 0 aliphatic heterocycles. The van der Waals surface area contributed by atoms with Crippen molar-refractivity contribution < 1.29 is 29.4 Å².